The van der Waals surface area contributed by atoms with Crippen molar-refractivity contribution in [2.75, 3.05) is 5.73 Å². The van der Waals surface area contributed by atoms with E-state index in [4.69, 9.17) is 5.73 Å². The minimum atomic E-state index is 0.859. The second-order valence-electron chi connectivity index (χ2n) is 3.43. The van der Waals surface area contributed by atoms with Crippen LogP contribution in [0.1, 0.15) is 31.2 Å². The highest BCUT2D eigenvalue weighted by Gasteiger charge is 2.16. The molecule has 0 bridgehead atoms. The molecular weight excluding hydrogens is 146 g/mol. The molecular formula is C11H14N. The van der Waals surface area contributed by atoms with Gasteiger partial charge in [-0.1, -0.05) is 25.0 Å². The fraction of sp³-hybridized carbons (Fsp3) is 0.364. The van der Waals surface area contributed by atoms with Gasteiger partial charge in [-0.3, -0.25) is 0 Å². The van der Waals surface area contributed by atoms with E-state index in [0.29, 0.717) is 0 Å². The highest BCUT2D eigenvalue weighted by atomic mass is 14.5. The van der Waals surface area contributed by atoms with Crippen LogP contribution in [-0.4, -0.2) is 0 Å². The van der Waals surface area contributed by atoms with Crippen molar-refractivity contribution < 1.29 is 0 Å². The van der Waals surface area contributed by atoms with Crippen molar-refractivity contribution in [2.45, 2.75) is 25.7 Å². The molecule has 0 amide bonds. The lowest BCUT2D eigenvalue weighted by Crippen LogP contribution is -1.93. The van der Waals surface area contributed by atoms with E-state index in [9.17, 15) is 0 Å². The zero-order valence-corrected chi connectivity index (χ0v) is 7.22. The highest BCUT2D eigenvalue weighted by molar-refractivity contribution is 5.43. The summed E-state index contributed by atoms with van der Waals surface area (Å²) in [6.45, 7) is 0. The van der Waals surface area contributed by atoms with Crippen LogP contribution < -0.4 is 5.73 Å². The smallest absolute Gasteiger partial charge is 0.0314 e. The molecule has 1 heteroatoms. The van der Waals surface area contributed by atoms with Gasteiger partial charge in [0.15, 0.2) is 0 Å². The molecule has 1 saturated carbocycles. The summed E-state index contributed by atoms with van der Waals surface area (Å²) < 4.78 is 0. The van der Waals surface area contributed by atoms with Gasteiger partial charge in [-0.2, -0.15) is 0 Å². The first-order valence-electron chi connectivity index (χ1n) is 4.57. The van der Waals surface area contributed by atoms with Crippen molar-refractivity contribution in [1.29, 1.82) is 0 Å². The largest absolute Gasteiger partial charge is 0.399 e. The van der Waals surface area contributed by atoms with Crippen molar-refractivity contribution in [3.63, 3.8) is 0 Å². The summed E-state index contributed by atoms with van der Waals surface area (Å²) in [5.41, 5.74) is 7.87. The van der Waals surface area contributed by atoms with E-state index >= 15 is 0 Å². The minimum absolute atomic E-state index is 0.859. The Balaban J connectivity index is 2.17. The lowest BCUT2D eigenvalue weighted by molar-refractivity contribution is 0.886. The second-order valence-corrected chi connectivity index (χ2v) is 3.43. The van der Waals surface area contributed by atoms with E-state index in [1.165, 1.54) is 31.2 Å². The first-order chi connectivity index (χ1) is 5.86. The van der Waals surface area contributed by atoms with Crippen LogP contribution in [0.2, 0.25) is 0 Å². The van der Waals surface area contributed by atoms with Gasteiger partial charge in [0, 0.05) is 11.6 Å². The predicted molar refractivity (Wildman–Crippen MR) is 51.7 cm³/mol. The van der Waals surface area contributed by atoms with E-state index in [1.807, 2.05) is 12.1 Å². The first kappa shape index (κ1) is 7.66. The SMILES string of the molecule is Nc1ccc([C]2CCCC2)cc1. The van der Waals surface area contributed by atoms with Gasteiger partial charge in [-0.05, 0) is 30.5 Å². The van der Waals surface area contributed by atoms with E-state index < -0.39 is 0 Å². The van der Waals surface area contributed by atoms with Crippen molar-refractivity contribution in [1.82, 2.24) is 0 Å². The van der Waals surface area contributed by atoms with E-state index in [2.05, 4.69) is 12.1 Å². The Labute approximate surface area is 73.6 Å². The van der Waals surface area contributed by atoms with Crippen molar-refractivity contribution >= 4 is 5.69 Å². The minimum Gasteiger partial charge on any atom is -0.399 e. The lowest BCUT2D eigenvalue weighted by Gasteiger charge is -2.07. The maximum Gasteiger partial charge on any atom is 0.0314 e. The molecule has 0 heterocycles. The molecule has 63 valence electrons. The fourth-order valence-electron chi connectivity index (χ4n) is 1.81. The second kappa shape index (κ2) is 3.18. The van der Waals surface area contributed by atoms with Crippen molar-refractivity contribution in [3.05, 3.63) is 35.7 Å². The van der Waals surface area contributed by atoms with Crippen LogP contribution in [-0.2, 0) is 0 Å². The number of nitrogen functional groups attached to an aromatic ring is 1. The molecule has 0 spiro atoms. The van der Waals surface area contributed by atoms with Crippen LogP contribution in [0.3, 0.4) is 0 Å². The number of benzene rings is 1. The number of nitrogens with two attached hydrogens (primary N) is 1. The molecule has 0 unspecified atom stereocenters. The molecule has 1 nitrogen and oxygen atoms in total. The van der Waals surface area contributed by atoms with Crippen LogP contribution in [0.15, 0.2) is 24.3 Å². The van der Waals surface area contributed by atoms with Crippen molar-refractivity contribution in [3.8, 4) is 0 Å². The van der Waals surface area contributed by atoms with Crippen molar-refractivity contribution in [2.24, 2.45) is 0 Å². The van der Waals surface area contributed by atoms with Gasteiger partial charge in [-0.15, -0.1) is 0 Å². The summed E-state index contributed by atoms with van der Waals surface area (Å²) in [7, 11) is 0. The monoisotopic (exact) mass is 160 g/mol. The van der Waals surface area contributed by atoms with Gasteiger partial charge >= 0.3 is 0 Å². The third-order valence-corrected chi connectivity index (χ3v) is 2.53. The van der Waals surface area contributed by atoms with Crippen LogP contribution in [0.25, 0.3) is 0 Å². The van der Waals surface area contributed by atoms with Gasteiger partial charge in [0.2, 0.25) is 0 Å². The van der Waals surface area contributed by atoms with Gasteiger partial charge in [0.1, 0.15) is 0 Å². The molecule has 1 aromatic carbocycles. The summed E-state index contributed by atoms with van der Waals surface area (Å²) in [5, 5.41) is 0. The molecule has 1 fully saturated rings. The fourth-order valence-corrected chi connectivity index (χ4v) is 1.81. The van der Waals surface area contributed by atoms with Crippen LogP contribution in [0.5, 0.6) is 0 Å². The average molecular weight is 160 g/mol. The topological polar surface area (TPSA) is 26.0 Å². The number of hydrogen-bond donors (Lipinski definition) is 1. The highest BCUT2D eigenvalue weighted by Crippen LogP contribution is 2.33. The first-order valence-corrected chi connectivity index (χ1v) is 4.57. The van der Waals surface area contributed by atoms with Gasteiger partial charge in [-0.25, -0.2) is 0 Å². The zero-order valence-electron chi connectivity index (χ0n) is 7.22. The predicted octanol–water partition coefficient (Wildman–Crippen LogP) is 2.77. The van der Waals surface area contributed by atoms with Crippen LogP contribution >= 0.6 is 0 Å². The summed E-state index contributed by atoms with van der Waals surface area (Å²) in [6.07, 6.45) is 5.28. The lowest BCUT2D eigenvalue weighted by atomic mass is 9.98. The Hall–Kier alpha value is -0.980. The molecule has 0 saturated heterocycles. The van der Waals surface area contributed by atoms with E-state index in [0.717, 1.165) is 5.69 Å². The molecule has 0 aromatic heterocycles. The maximum absolute atomic E-state index is 5.62. The summed E-state index contributed by atoms with van der Waals surface area (Å²) in [5.74, 6) is 1.61. The standard InChI is InChI=1S/C11H14N/c12-11-7-5-10(6-8-11)9-3-1-2-4-9/h5-8H,1-4,12H2. The number of rotatable bonds is 1. The molecule has 0 atom stereocenters. The maximum atomic E-state index is 5.62. The Kier molecular flexibility index (Phi) is 2.03. The Morgan fingerprint density at radius 3 is 2.08 bits per heavy atom. The Morgan fingerprint density at radius 2 is 1.50 bits per heavy atom. The Bertz CT molecular complexity index is 244. The zero-order chi connectivity index (χ0) is 8.39. The summed E-state index contributed by atoms with van der Waals surface area (Å²) in [4.78, 5) is 0. The molecule has 0 aliphatic heterocycles. The quantitative estimate of drug-likeness (QED) is 0.628. The molecule has 1 aliphatic rings. The van der Waals surface area contributed by atoms with Gasteiger partial charge < -0.3 is 5.73 Å². The summed E-state index contributed by atoms with van der Waals surface area (Å²) in [6, 6.07) is 8.24. The number of anilines is 1. The van der Waals surface area contributed by atoms with E-state index in [1.54, 1.807) is 5.92 Å². The molecule has 1 aromatic rings. The third kappa shape index (κ3) is 1.45. The molecule has 1 aliphatic carbocycles. The normalized spacial score (nSPS) is 18.3. The van der Waals surface area contributed by atoms with Gasteiger partial charge in [0.05, 0.1) is 0 Å². The van der Waals surface area contributed by atoms with Crippen LogP contribution in [0, 0.1) is 5.92 Å². The van der Waals surface area contributed by atoms with E-state index in [-0.39, 0.29) is 0 Å². The molecule has 12 heavy (non-hydrogen) atoms. The molecule has 2 N–H and O–H groups in total. The van der Waals surface area contributed by atoms with Gasteiger partial charge in [0.25, 0.3) is 0 Å². The Morgan fingerprint density at radius 1 is 0.917 bits per heavy atom. The van der Waals surface area contributed by atoms with Crippen LogP contribution in [0.4, 0.5) is 5.69 Å². The third-order valence-electron chi connectivity index (χ3n) is 2.53. The molecule has 2 rings (SSSR count). The number of hydrogen-bond acceptors (Lipinski definition) is 1. The average Bonchev–Trinajstić information content (AvgIpc) is 2.58. The summed E-state index contributed by atoms with van der Waals surface area (Å²) >= 11 is 0. The molecule has 1 radical (unpaired) electrons.